The molecule has 0 aliphatic rings. The number of benzene rings is 1. The van der Waals surface area contributed by atoms with Gasteiger partial charge in [0.05, 0.1) is 43.1 Å². The van der Waals surface area contributed by atoms with E-state index in [4.69, 9.17) is 19.2 Å². The minimum atomic E-state index is -0.490. The third kappa shape index (κ3) is 6.61. The first-order valence-electron chi connectivity index (χ1n) is 10.9. The third-order valence-electron chi connectivity index (χ3n) is 5.17. The minimum Gasteiger partial charge on any atom is -0.466 e. The zero-order valence-corrected chi connectivity index (χ0v) is 19.3. The Bertz CT molecular complexity index is 958. The highest BCUT2D eigenvalue weighted by molar-refractivity contribution is 5.82. The largest absolute Gasteiger partial charge is 0.466 e. The molecular weight excluding hydrogens is 414 g/mol. The fourth-order valence-corrected chi connectivity index (χ4v) is 3.54. The molecule has 1 atom stereocenters. The summed E-state index contributed by atoms with van der Waals surface area (Å²) in [6.07, 6.45) is 0.635. The normalized spacial score (nSPS) is 12.0. The summed E-state index contributed by atoms with van der Waals surface area (Å²) in [6.45, 7) is 5.38. The number of carbonyl (C=O) groups is 2. The molecular formula is C23H33N3O6. The molecule has 9 heteroatoms. The van der Waals surface area contributed by atoms with Crippen LogP contribution in [0.25, 0.3) is 10.9 Å². The van der Waals surface area contributed by atoms with Gasteiger partial charge in [0, 0.05) is 33.8 Å². The van der Waals surface area contributed by atoms with Crippen LogP contribution in [0.4, 0.5) is 0 Å². The summed E-state index contributed by atoms with van der Waals surface area (Å²) in [7, 11) is 3.17. The van der Waals surface area contributed by atoms with Gasteiger partial charge in [-0.25, -0.2) is 4.98 Å². The zero-order valence-electron chi connectivity index (χ0n) is 19.3. The molecule has 1 unspecified atom stereocenters. The van der Waals surface area contributed by atoms with Crippen LogP contribution in [0, 0.1) is 0 Å². The van der Waals surface area contributed by atoms with Crippen molar-refractivity contribution in [2.24, 2.45) is 0 Å². The summed E-state index contributed by atoms with van der Waals surface area (Å²) in [5.74, 6) is -0.138. The number of ether oxygens (including phenoxy) is 3. The average molecular weight is 448 g/mol. The van der Waals surface area contributed by atoms with Crippen molar-refractivity contribution in [3.05, 3.63) is 40.4 Å². The molecule has 0 bridgehead atoms. The van der Waals surface area contributed by atoms with E-state index in [1.165, 1.54) is 0 Å². The fourth-order valence-electron chi connectivity index (χ4n) is 3.54. The summed E-state index contributed by atoms with van der Waals surface area (Å²) in [5.41, 5.74) is 0.397. The Kier molecular flexibility index (Phi) is 10.3. The predicted molar refractivity (Wildman–Crippen MR) is 120 cm³/mol. The molecule has 1 aromatic carbocycles. The van der Waals surface area contributed by atoms with E-state index in [0.717, 1.165) is 0 Å². The molecule has 176 valence electrons. The molecule has 2 rings (SSSR count). The second-order valence-electron chi connectivity index (χ2n) is 7.35. The van der Waals surface area contributed by atoms with E-state index in [2.05, 4.69) is 0 Å². The van der Waals surface area contributed by atoms with Crippen molar-refractivity contribution in [2.75, 3.05) is 40.6 Å². The van der Waals surface area contributed by atoms with Crippen molar-refractivity contribution < 1.29 is 23.8 Å². The van der Waals surface area contributed by atoms with Crippen LogP contribution in [0.1, 0.15) is 45.0 Å². The number of amides is 1. The maximum atomic E-state index is 13.2. The van der Waals surface area contributed by atoms with E-state index in [1.807, 2.05) is 13.0 Å². The van der Waals surface area contributed by atoms with Crippen LogP contribution < -0.4 is 5.56 Å². The number of esters is 1. The molecule has 0 aliphatic heterocycles. The van der Waals surface area contributed by atoms with Crippen LogP contribution in [0.5, 0.6) is 0 Å². The highest BCUT2D eigenvalue weighted by atomic mass is 16.5. The Morgan fingerprint density at radius 1 is 1.12 bits per heavy atom. The Balaban J connectivity index is 2.41. The first-order chi connectivity index (χ1) is 15.4. The minimum absolute atomic E-state index is 0.00179. The average Bonchev–Trinajstić information content (AvgIpc) is 2.79. The molecule has 0 fully saturated rings. The number of rotatable bonds is 13. The summed E-state index contributed by atoms with van der Waals surface area (Å²) < 4.78 is 16.8. The second kappa shape index (κ2) is 12.9. The molecule has 1 aromatic heterocycles. The number of fused-ring (bicyclic) bond motifs is 1. The Morgan fingerprint density at radius 2 is 1.84 bits per heavy atom. The quantitative estimate of drug-likeness (QED) is 0.343. The van der Waals surface area contributed by atoms with Gasteiger partial charge in [0.25, 0.3) is 5.56 Å². The van der Waals surface area contributed by atoms with Crippen LogP contribution in [-0.4, -0.2) is 66.9 Å². The molecule has 1 heterocycles. The molecule has 0 N–H and O–H groups in total. The molecule has 0 aliphatic carbocycles. The molecule has 0 radical (unpaired) electrons. The monoisotopic (exact) mass is 447 g/mol. The van der Waals surface area contributed by atoms with Crippen LogP contribution >= 0.6 is 0 Å². The van der Waals surface area contributed by atoms with Crippen molar-refractivity contribution in [1.29, 1.82) is 0 Å². The van der Waals surface area contributed by atoms with E-state index in [1.54, 1.807) is 48.8 Å². The first-order valence-corrected chi connectivity index (χ1v) is 10.9. The molecule has 0 saturated carbocycles. The Morgan fingerprint density at radius 3 is 2.53 bits per heavy atom. The molecule has 2 aromatic rings. The van der Waals surface area contributed by atoms with Gasteiger partial charge in [-0.05, 0) is 32.4 Å². The van der Waals surface area contributed by atoms with Gasteiger partial charge < -0.3 is 19.1 Å². The maximum Gasteiger partial charge on any atom is 0.306 e. The predicted octanol–water partition coefficient (Wildman–Crippen LogP) is 2.31. The number of aromatic nitrogens is 2. The number of para-hydroxylation sites is 1. The Labute approximate surface area is 188 Å². The van der Waals surface area contributed by atoms with Gasteiger partial charge >= 0.3 is 5.97 Å². The molecule has 32 heavy (non-hydrogen) atoms. The van der Waals surface area contributed by atoms with Gasteiger partial charge in [0.1, 0.15) is 5.82 Å². The van der Waals surface area contributed by atoms with Gasteiger partial charge in [0.2, 0.25) is 5.91 Å². The lowest BCUT2D eigenvalue weighted by molar-refractivity contribution is -0.146. The highest BCUT2D eigenvalue weighted by Crippen LogP contribution is 2.22. The lowest BCUT2D eigenvalue weighted by Gasteiger charge is -2.30. The summed E-state index contributed by atoms with van der Waals surface area (Å²) in [5, 5.41) is 0.513. The number of methoxy groups -OCH3 is 2. The van der Waals surface area contributed by atoms with Crippen LogP contribution in [0.2, 0.25) is 0 Å². The lowest BCUT2D eigenvalue weighted by Crippen LogP contribution is -2.39. The number of hydrogen-bond donors (Lipinski definition) is 0. The SMILES string of the molecule is CCOC(=O)CCC(=O)N(CCCOC)C(C)c1nc2ccccc2c(=O)n1CCOC. The van der Waals surface area contributed by atoms with Gasteiger partial charge in [0.15, 0.2) is 0 Å². The Hall–Kier alpha value is -2.78. The smallest absolute Gasteiger partial charge is 0.306 e. The van der Waals surface area contributed by atoms with Crippen molar-refractivity contribution in [3.63, 3.8) is 0 Å². The standard InChI is InChI=1S/C23H33N3O6/c1-5-32-21(28)12-11-20(27)25(13-8-15-30-3)17(2)22-24-19-10-7-6-9-18(19)23(29)26(22)14-16-31-4/h6-7,9-10,17H,5,8,11-16H2,1-4H3. The number of carbonyl (C=O) groups excluding carboxylic acids is 2. The summed E-state index contributed by atoms with van der Waals surface area (Å²) in [4.78, 5) is 44.4. The van der Waals surface area contributed by atoms with E-state index < -0.39 is 12.0 Å². The topological polar surface area (TPSA) is 100.0 Å². The first kappa shape index (κ1) is 25.5. The zero-order chi connectivity index (χ0) is 23.5. The van der Waals surface area contributed by atoms with Gasteiger partial charge in [-0.1, -0.05) is 12.1 Å². The van der Waals surface area contributed by atoms with Crippen molar-refractivity contribution in [1.82, 2.24) is 14.5 Å². The van der Waals surface area contributed by atoms with E-state index in [-0.39, 0.29) is 30.9 Å². The summed E-state index contributed by atoms with van der Waals surface area (Å²) in [6, 6.07) is 6.65. The second-order valence-corrected chi connectivity index (χ2v) is 7.35. The molecule has 0 spiro atoms. The van der Waals surface area contributed by atoms with Crippen LogP contribution in [0.15, 0.2) is 29.1 Å². The van der Waals surface area contributed by atoms with E-state index >= 15 is 0 Å². The van der Waals surface area contributed by atoms with Crippen LogP contribution in [0.3, 0.4) is 0 Å². The van der Waals surface area contributed by atoms with Crippen molar-refractivity contribution in [3.8, 4) is 0 Å². The van der Waals surface area contributed by atoms with E-state index in [0.29, 0.717) is 49.5 Å². The third-order valence-corrected chi connectivity index (χ3v) is 5.17. The maximum absolute atomic E-state index is 13.2. The van der Waals surface area contributed by atoms with Crippen molar-refractivity contribution in [2.45, 2.75) is 45.7 Å². The van der Waals surface area contributed by atoms with Gasteiger partial charge in [-0.15, -0.1) is 0 Å². The fraction of sp³-hybridized carbons (Fsp3) is 0.565. The number of nitrogens with zero attached hydrogens (tertiary/aromatic N) is 3. The molecule has 0 saturated heterocycles. The lowest BCUT2D eigenvalue weighted by atomic mass is 10.1. The van der Waals surface area contributed by atoms with Crippen LogP contribution in [-0.2, 0) is 30.3 Å². The number of hydrogen-bond acceptors (Lipinski definition) is 7. The molecule has 9 nitrogen and oxygen atoms in total. The van der Waals surface area contributed by atoms with Gasteiger partial charge in [-0.3, -0.25) is 19.0 Å². The van der Waals surface area contributed by atoms with Crippen molar-refractivity contribution >= 4 is 22.8 Å². The summed E-state index contributed by atoms with van der Waals surface area (Å²) >= 11 is 0. The molecule has 1 amide bonds. The highest BCUT2D eigenvalue weighted by Gasteiger charge is 2.26. The van der Waals surface area contributed by atoms with Gasteiger partial charge in [-0.2, -0.15) is 0 Å². The van der Waals surface area contributed by atoms with E-state index in [9.17, 15) is 14.4 Å².